The van der Waals surface area contributed by atoms with Crippen LogP contribution in [0.2, 0.25) is 0 Å². The van der Waals surface area contributed by atoms with Crippen LogP contribution in [0.5, 0.6) is 0 Å². The Balaban J connectivity index is 0.000000158. The molecule has 6 rings (SSSR count). The zero-order chi connectivity index (χ0) is 27.4. The van der Waals surface area contributed by atoms with Crippen LogP contribution in [0, 0.1) is 20.2 Å². The van der Waals surface area contributed by atoms with Gasteiger partial charge in [-0.1, -0.05) is 0 Å². The number of hydrogen-bond acceptors (Lipinski definition) is 9. The van der Waals surface area contributed by atoms with Crippen molar-refractivity contribution in [2.24, 2.45) is 0 Å². The number of likely N-dealkylation sites (tertiary alicyclic amines) is 2. The molecule has 4 unspecified atom stereocenters. The number of piperidine rings is 2. The molecule has 0 spiro atoms. The average Bonchev–Trinajstić information content (AvgIpc) is 3.38. The number of nitro groups is 2. The van der Waals surface area contributed by atoms with Crippen molar-refractivity contribution in [3.05, 3.63) is 67.8 Å². The fourth-order valence-corrected chi connectivity index (χ4v) is 7.62. The fraction of sp³-hybridized carbons (Fsp3) is 0.520. The lowest BCUT2D eigenvalue weighted by Gasteiger charge is -2.36. The van der Waals surface area contributed by atoms with Gasteiger partial charge in [-0.2, -0.15) is 0 Å². The number of nitrogens with zero attached hydrogens (tertiary/aromatic N) is 5. The predicted octanol–water partition coefficient (Wildman–Crippen LogP) is 2.97. The summed E-state index contributed by atoms with van der Waals surface area (Å²) in [5.74, 6) is 0.386. The van der Waals surface area contributed by atoms with E-state index in [1.807, 2.05) is 13.1 Å². The number of rotatable bonds is 3. The lowest BCUT2D eigenvalue weighted by atomic mass is 9.89. The SMILES string of the molecule is CN1CCC2C(C1)c1cc([N+](=O)[O-])ccc1N2S(C)(=O)=O.CN1CCC2Nc3ccc([N+](=O)[O-])cc3C2C1. The molecule has 0 aliphatic carbocycles. The minimum absolute atomic E-state index is 0.00613. The lowest BCUT2D eigenvalue weighted by molar-refractivity contribution is -0.385. The van der Waals surface area contributed by atoms with Crippen LogP contribution in [0.4, 0.5) is 22.7 Å². The number of anilines is 2. The molecular formula is C25H32N6O6S. The van der Waals surface area contributed by atoms with E-state index in [0.29, 0.717) is 24.2 Å². The predicted molar refractivity (Wildman–Crippen MR) is 144 cm³/mol. The van der Waals surface area contributed by atoms with E-state index in [9.17, 15) is 28.6 Å². The first-order chi connectivity index (χ1) is 17.9. The van der Waals surface area contributed by atoms with Crippen molar-refractivity contribution in [3.8, 4) is 0 Å². The third kappa shape index (κ3) is 4.81. The summed E-state index contributed by atoms with van der Waals surface area (Å²) in [5, 5.41) is 25.2. The first kappa shape index (κ1) is 26.3. The lowest BCUT2D eigenvalue weighted by Crippen LogP contribution is -2.46. The standard InChI is InChI=1S/C13H17N3O4S.C12H15N3O2/c1-14-6-5-13-11(8-14)10-7-9(16(17)18)3-4-12(10)15(13)21(2,19)20;1-14-5-4-12-10(7-14)9-6-8(15(16)17)2-3-11(9)13-12/h3-4,7,11,13H,5-6,8H2,1-2H3;2-3,6,10,12-13H,4-5,7H2,1H3. The molecule has 12 nitrogen and oxygen atoms in total. The summed E-state index contributed by atoms with van der Waals surface area (Å²) in [5.41, 5.74) is 3.74. The summed E-state index contributed by atoms with van der Waals surface area (Å²) >= 11 is 0. The third-order valence-electron chi connectivity index (χ3n) is 8.10. The molecule has 4 atom stereocenters. The molecule has 2 saturated heterocycles. The first-order valence-corrected chi connectivity index (χ1v) is 14.5. The van der Waals surface area contributed by atoms with E-state index >= 15 is 0 Å². The molecule has 4 aliphatic rings. The number of benzene rings is 2. The molecule has 0 aromatic heterocycles. The maximum atomic E-state index is 12.1. The van der Waals surface area contributed by atoms with Crippen LogP contribution < -0.4 is 9.62 Å². The van der Waals surface area contributed by atoms with Crippen LogP contribution in [0.25, 0.3) is 0 Å². The first-order valence-electron chi connectivity index (χ1n) is 12.6. The Kier molecular flexibility index (Phi) is 6.78. The molecule has 2 aromatic carbocycles. The van der Waals surface area contributed by atoms with Crippen LogP contribution in [0.15, 0.2) is 36.4 Å². The molecule has 38 heavy (non-hydrogen) atoms. The number of likely N-dealkylation sites (N-methyl/N-ethyl adjacent to an activating group) is 2. The van der Waals surface area contributed by atoms with Gasteiger partial charge < -0.3 is 15.1 Å². The minimum Gasteiger partial charge on any atom is -0.381 e. The van der Waals surface area contributed by atoms with Crippen LogP contribution in [-0.2, 0) is 10.0 Å². The van der Waals surface area contributed by atoms with Gasteiger partial charge in [0.05, 0.1) is 27.8 Å². The van der Waals surface area contributed by atoms with E-state index in [0.717, 1.165) is 49.3 Å². The highest BCUT2D eigenvalue weighted by molar-refractivity contribution is 7.92. The van der Waals surface area contributed by atoms with Gasteiger partial charge in [-0.3, -0.25) is 24.5 Å². The number of hydrogen-bond donors (Lipinski definition) is 1. The number of sulfonamides is 1. The summed E-state index contributed by atoms with van der Waals surface area (Å²) in [7, 11) is 0.693. The Morgan fingerprint density at radius 1 is 0.868 bits per heavy atom. The largest absolute Gasteiger partial charge is 0.381 e. The van der Waals surface area contributed by atoms with Gasteiger partial charge in [0, 0.05) is 60.9 Å². The van der Waals surface area contributed by atoms with Crippen molar-refractivity contribution in [2.75, 3.05) is 56.2 Å². The van der Waals surface area contributed by atoms with E-state index in [2.05, 4.69) is 22.2 Å². The van der Waals surface area contributed by atoms with Gasteiger partial charge in [0.15, 0.2) is 0 Å². The molecular weight excluding hydrogens is 512 g/mol. The van der Waals surface area contributed by atoms with Gasteiger partial charge in [0.2, 0.25) is 10.0 Å². The van der Waals surface area contributed by atoms with Crippen LogP contribution in [-0.4, -0.2) is 86.7 Å². The third-order valence-corrected chi connectivity index (χ3v) is 9.28. The van der Waals surface area contributed by atoms with Gasteiger partial charge >= 0.3 is 0 Å². The summed E-state index contributed by atoms with van der Waals surface area (Å²) < 4.78 is 25.7. The molecule has 13 heteroatoms. The molecule has 0 bridgehead atoms. The smallest absolute Gasteiger partial charge is 0.269 e. The summed E-state index contributed by atoms with van der Waals surface area (Å²) in [6, 6.07) is 9.92. The van der Waals surface area contributed by atoms with Crippen molar-refractivity contribution in [1.29, 1.82) is 0 Å². The van der Waals surface area contributed by atoms with Crippen LogP contribution in [0.1, 0.15) is 35.8 Å². The minimum atomic E-state index is -3.39. The van der Waals surface area contributed by atoms with Crippen molar-refractivity contribution in [2.45, 2.75) is 36.8 Å². The summed E-state index contributed by atoms with van der Waals surface area (Å²) in [6.45, 7) is 3.60. The maximum Gasteiger partial charge on any atom is 0.269 e. The van der Waals surface area contributed by atoms with Gasteiger partial charge in [0.1, 0.15) is 0 Å². The molecule has 2 aromatic rings. The van der Waals surface area contributed by atoms with Gasteiger partial charge in [0.25, 0.3) is 11.4 Å². The highest BCUT2D eigenvalue weighted by Crippen LogP contribution is 2.47. The Morgan fingerprint density at radius 3 is 2.08 bits per heavy atom. The van der Waals surface area contributed by atoms with Gasteiger partial charge in [-0.15, -0.1) is 0 Å². The maximum absolute atomic E-state index is 12.1. The van der Waals surface area contributed by atoms with Crippen molar-refractivity contribution < 1.29 is 18.3 Å². The van der Waals surface area contributed by atoms with E-state index < -0.39 is 14.9 Å². The Morgan fingerprint density at radius 2 is 1.45 bits per heavy atom. The molecule has 204 valence electrons. The van der Waals surface area contributed by atoms with E-state index in [4.69, 9.17) is 0 Å². The Bertz CT molecular complexity index is 1380. The van der Waals surface area contributed by atoms with Crippen molar-refractivity contribution in [3.63, 3.8) is 0 Å². The topological polar surface area (TPSA) is 142 Å². The second kappa shape index (κ2) is 9.79. The molecule has 0 saturated carbocycles. The van der Waals surface area contributed by atoms with Crippen molar-refractivity contribution in [1.82, 2.24) is 9.80 Å². The Labute approximate surface area is 221 Å². The quantitative estimate of drug-likeness (QED) is 0.456. The fourth-order valence-electron chi connectivity index (χ4n) is 6.35. The van der Waals surface area contributed by atoms with Crippen LogP contribution >= 0.6 is 0 Å². The zero-order valence-electron chi connectivity index (χ0n) is 21.6. The molecule has 4 aliphatic heterocycles. The highest BCUT2D eigenvalue weighted by atomic mass is 32.2. The average molecular weight is 545 g/mol. The van der Waals surface area contributed by atoms with Gasteiger partial charge in [-0.25, -0.2) is 8.42 Å². The molecule has 4 heterocycles. The number of non-ortho nitro benzene ring substituents is 2. The van der Waals surface area contributed by atoms with E-state index in [-0.39, 0.29) is 28.3 Å². The molecule has 0 amide bonds. The monoisotopic (exact) mass is 544 g/mol. The second-order valence-electron chi connectivity index (χ2n) is 10.7. The molecule has 0 radical (unpaired) electrons. The number of fused-ring (bicyclic) bond motifs is 6. The molecule has 2 fully saturated rings. The second-order valence-corrected chi connectivity index (χ2v) is 12.6. The normalized spacial score (nSPS) is 26.2. The number of nitrogens with one attached hydrogen (secondary N) is 1. The summed E-state index contributed by atoms with van der Waals surface area (Å²) in [6.07, 6.45) is 3.03. The van der Waals surface area contributed by atoms with Gasteiger partial charge in [-0.05, 0) is 63.3 Å². The van der Waals surface area contributed by atoms with E-state index in [1.54, 1.807) is 18.2 Å². The Hall–Kier alpha value is -3.29. The zero-order valence-corrected chi connectivity index (χ0v) is 22.4. The van der Waals surface area contributed by atoms with Crippen LogP contribution in [0.3, 0.4) is 0 Å². The molecule has 1 N–H and O–H groups in total. The van der Waals surface area contributed by atoms with E-state index in [1.165, 1.54) is 22.7 Å². The number of nitro benzene ring substituents is 2. The summed E-state index contributed by atoms with van der Waals surface area (Å²) in [4.78, 5) is 25.4. The van der Waals surface area contributed by atoms with Crippen molar-refractivity contribution >= 4 is 32.8 Å². The highest BCUT2D eigenvalue weighted by Gasteiger charge is 2.45.